The van der Waals surface area contributed by atoms with Crippen LogP contribution in [0.1, 0.15) is 35.8 Å². The molecule has 3 aromatic rings. The zero-order valence-electron chi connectivity index (χ0n) is 17.8. The van der Waals surface area contributed by atoms with Crippen molar-refractivity contribution in [3.8, 4) is 5.88 Å². The quantitative estimate of drug-likeness (QED) is 0.595. The highest BCUT2D eigenvalue weighted by molar-refractivity contribution is 6.04. The molecule has 0 saturated carbocycles. The predicted molar refractivity (Wildman–Crippen MR) is 121 cm³/mol. The summed E-state index contributed by atoms with van der Waals surface area (Å²) in [5.74, 6) is 1.81. The number of aryl methyl sites for hydroxylation is 1. The van der Waals surface area contributed by atoms with Gasteiger partial charge >= 0.3 is 0 Å². The molecule has 4 rings (SSSR count). The standard InChI is InChI=1S/C23H26N6O2/c1-3-31-21-11-6-17(15-24-21)22(30)27-19-9-7-18(8-10-19)26-20-14-16(2)25-23(28-20)29-12-4-5-13-29/h6-11,14-15H,3-5,12-13H2,1-2H3,(H,27,30)(H,25,26,28). The fourth-order valence-corrected chi connectivity index (χ4v) is 3.41. The molecule has 31 heavy (non-hydrogen) atoms. The number of carbonyl (C=O) groups excluding carboxylic acids is 1. The summed E-state index contributed by atoms with van der Waals surface area (Å²) in [6.07, 6.45) is 3.87. The van der Waals surface area contributed by atoms with Crippen LogP contribution < -0.4 is 20.3 Å². The molecule has 1 aliphatic rings. The monoisotopic (exact) mass is 418 g/mol. The van der Waals surface area contributed by atoms with Crippen molar-refractivity contribution in [1.29, 1.82) is 0 Å². The van der Waals surface area contributed by atoms with Gasteiger partial charge in [-0.3, -0.25) is 4.79 Å². The first-order chi connectivity index (χ1) is 15.1. The molecule has 2 N–H and O–H groups in total. The maximum absolute atomic E-state index is 12.4. The van der Waals surface area contributed by atoms with E-state index in [0.717, 1.165) is 36.2 Å². The van der Waals surface area contributed by atoms with Gasteiger partial charge in [0.25, 0.3) is 5.91 Å². The number of ether oxygens (including phenoxy) is 1. The predicted octanol–water partition coefficient (Wildman–Crippen LogP) is 4.17. The molecule has 0 bridgehead atoms. The molecule has 0 atom stereocenters. The molecule has 0 radical (unpaired) electrons. The number of pyridine rings is 1. The zero-order chi connectivity index (χ0) is 21.6. The number of nitrogens with one attached hydrogen (secondary N) is 2. The summed E-state index contributed by atoms with van der Waals surface area (Å²) in [5, 5.41) is 6.20. The van der Waals surface area contributed by atoms with Crippen LogP contribution in [0.3, 0.4) is 0 Å². The Hall–Kier alpha value is -3.68. The van der Waals surface area contributed by atoms with Crippen molar-refractivity contribution in [2.45, 2.75) is 26.7 Å². The normalized spacial score (nSPS) is 13.2. The van der Waals surface area contributed by atoms with Crippen LogP contribution in [-0.2, 0) is 0 Å². The number of aromatic nitrogens is 3. The van der Waals surface area contributed by atoms with Crippen molar-refractivity contribution in [3.63, 3.8) is 0 Å². The van der Waals surface area contributed by atoms with Crippen LogP contribution in [0.15, 0.2) is 48.7 Å². The number of rotatable bonds is 7. The average molecular weight is 419 g/mol. The number of amides is 1. The first kappa shape index (κ1) is 20.6. The van der Waals surface area contributed by atoms with Gasteiger partial charge in [-0.25, -0.2) is 9.97 Å². The van der Waals surface area contributed by atoms with E-state index in [9.17, 15) is 4.79 Å². The summed E-state index contributed by atoms with van der Waals surface area (Å²) >= 11 is 0. The van der Waals surface area contributed by atoms with Gasteiger partial charge < -0.3 is 20.3 Å². The van der Waals surface area contributed by atoms with Gasteiger partial charge in [0.2, 0.25) is 11.8 Å². The Balaban J connectivity index is 1.39. The van der Waals surface area contributed by atoms with Gasteiger partial charge in [-0.05, 0) is 57.0 Å². The lowest BCUT2D eigenvalue weighted by Crippen LogP contribution is -2.21. The minimum Gasteiger partial charge on any atom is -0.478 e. The van der Waals surface area contributed by atoms with Crippen LogP contribution >= 0.6 is 0 Å². The first-order valence-corrected chi connectivity index (χ1v) is 10.5. The van der Waals surface area contributed by atoms with Crippen LogP contribution in [0.5, 0.6) is 5.88 Å². The Morgan fingerprint density at radius 2 is 1.81 bits per heavy atom. The molecule has 3 heterocycles. The van der Waals surface area contributed by atoms with E-state index in [-0.39, 0.29) is 5.91 Å². The van der Waals surface area contributed by atoms with Gasteiger partial charge in [0.05, 0.1) is 12.2 Å². The Kier molecular flexibility index (Phi) is 6.26. The highest BCUT2D eigenvalue weighted by Gasteiger charge is 2.16. The summed E-state index contributed by atoms with van der Waals surface area (Å²) in [6.45, 7) is 6.40. The number of carbonyl (C=O) groups is 1. The van der Waals surface area contributed by atoms with Crippen molar-refractivity contribution >= 4 is 29.0 Å². The SMILES string of the molecule is CCOc1ccc(C(=O)Nc2ccc(Nc3cc(C)nc(N4CCCC4)n3)cc2)cn1. The number of nitrogens with zero attached hydrogens (tertiary/aromatic N) is 4. The van der Waals surface area contributed by atoms with Gasteiger partial charge in [-0.2, -0.15) is 4.98 Å². The molecule has 0 aliphatic carbocycles. The molecule has 1 fully saturated rings. The summed E-state index contributed by atoms with van der Waals surface area (Å²) in [6, 6.07) is 12.8. The van der Waals surface area contributed by atoms with E-state index in [2.05, 4.69) is 30.5 Å². The van der Waals surface area contributed by atoms with E-state index in [0.29, 0.717) is 23.7 Å². The van der Waals surface area contributed by atoms with Crippen molar-refractivity contribution in [1.82, 2.24) is 15.0 Å². The molecule has 1 aliphatic heterocycles. The number of hydrogen-bond donors (Lipinski definition) is 2. The van der Waals surface area contributed by atoms with Crippen LogP contribution in [0.25, 0.3) is 0 Å². The minimum atomic E-state index is -0.224. The topological polar surface area (TPSA) is 92.3 Å². The lowest BCUT2D eigenvalue weighted by Gasteiger charge is -2.17. The van der Waals surface area contributed by atoms with Gasteiger partial charge in [0, 0.05) is 48.5 Å². The Morgan fingerprint density at radius 1 is 1.06 bits per heavy atom. The summed E-state index contributed by atoms with van der Waals surface area (Å²) in [7, 11) is 0. The number of anilines is 4. The Labute approximate surface area is 181 Å². The van der Waals surface area contributed by atoms with E-state index < -0.39 is 0 Å². The largest absolute Gasteiger partial charge is 0.478 e. The zero-order valence-corrected chi connectivity index (χ0v) is 17.8. The first-order valence-electron chi connectivity index (χ1n) is 10.5. The van der Waals surface area contributed by atoms with Gasteiger partial charge in [0.15, 0.2) is 0 Å². The lowest BCUT2D eigenvalue weighted by molar-refractivity contribution is 0.102. The molecule has 0 unspecified atom stereocenters. The van der Waals surface area contributed by atoms with Crippen molar-refractivity contribution < 1.29 is 9.53 Å². The van der Waals surface area contributed by atoms with Crippen LogP contribution in [-0.4, -0.2) is 40.6 Å². The minimum absolute atomic E-state index is 0.224. The highest BCUT2D eigenvalue weighted by Crippen LogP contribution is 2.22. The van der Waals surface area contributed by atoms with Crippen molar-refractivity contribution in [3.05, 3.63) is 59.9 Å². The summed E-state index contributed by atoms with van der Waals surface area (Å²) < 4.78 is 5.30. The highest BCUT2D eigenvalue weighted by atomic mass is 16.5. The van der Waals surface area contributed by atoms with E-state index >= 15 is 0 Å². The molecule has 0 spiro atoms. The Morgan fingerprint density at radius 3 is 2.48 bits per heavy atom. The van der Waals surface area contributed by atoms with E-state index in [1.165, 1.54) is 19.0 Å². The summed E-state index contributed by atoms with van der Waals surface area (Å²) in [4.78, 5) is 28.0. The maximum Gasteiger partial charge on any atom is 0.257 e. The maximum atomic E-state index is 12.4. The lowest BCUT2D eigenvalue weighted by atomic mass is 10.2. The molecule has 2 aromatic heterocycles. The second-order valence-corrected chi connectivity index (χ2v) is 7.36. The molecule has 8 heteroatoms. The smallest absolute Gasteiger partial charge is 0.257 e. The molecule has 1 saturated heterocycles. The molecular weight excluding hydrogens is 392 g/mol. The number of hydrogen-bond acceptors (Lipinski definition) is 7. The van der Waals surface area contributed by atoms with Gasteiger partial charge in [0.1, 0.15) is 5.82 Å². The average Bonchev–Trinajstić information content (AvgIpc) is 3.31. The van der Waals surface area contributed by atoms with E-state index in [1.807, 2.05) is 44.2 Å². The van der Waals surface area contributed by atoms with Crippen molar-refractivity contribution in [2.24, 2.45) is 0 Å². The van der Waals surface area contributed by atoms with Crippen LogP contribution in [0.2, 0.25) is 0 Å². The second-order valence-electron chi connectivity index (χ2n) is 7.36. The number of benzene rings is 1. The van der Waals surface area contributed by atoms with Crippen LogP contribution in [0.4, 0.5) is 23.1 Å². The molecular formula is C23H26N6O2. The van der Waals surface area contributed by atoms with Gasteiger partial charge in [-0.15, -0.1) is 0 Å². The second kappa shape index (κ2) is 9.42. The Bertz CT molecular complexity index is 1030. The third-order valence-corrected chi connectivity index (χ3v) is 4.94. The third kappa shape index (κ3) is 5.28. The van der Waals surface area contributed by atoms with E-state index in [4.69, 9.17) is 4.74 Å². The van der Waals surface area contributed by atoms with Crippen molar-refractivity contribution in [2.75, 3.05) is 35.2 Å². The molecule has 160 valence electrons. The fraction of sp³-hybridized carbons (Fsp3) is 0.304. The summed E-state index contributed by atoms with van der Waals surface area (Å²) in [5.41, 5.74) is 2.97. The molecule has 1 amide bonds. The van der Waals surface area contributed by atoms with E-state index in [1.54, 1.807) is 12.1 Å². The molecule has 1 aromatic carbocycles. The third-order valence-electron chi connectivity index (χ3n) is 4.94. The fourth-order valence-electron chi connectivity index (χ4n) is 3.41. The molecule has 8 nitrogen and oxygen atoms in total. The van der Waals surface area contributed by atoms with Gasteiger partial charge in [-0.1, -0.05) is 0 Å². The van der Waals surface area contributed by atoms with Crippen LogP contribution in [0, 0.1) is 6.92 Å².